The number of H-pyrrole nitrogens is 1. The van der Waals surface area contributed by atoms with E-state index in [-0.39, 0.29) is 42.3 Å². The van der Waals surface area contributed by atoms with Crippen molar-refractivity contribution in [1.29, 1.82) is 0 Å². The predicted molar refractivity (Wildman–Crippen MR) is 135 cm³/mol. The number of aromatic amines is 1. The maximum absolute atomic E-state index is 14.6. The second-order valence-electron chi connectivity index (χ2n) is 8.72. The van der Waals surface area contributed by atoms with Crippen molar-refractivity contribution in [2.24, 2.45) is 0 Å². The third-order valence-electron chi connectivity index (χ3n) is 6.37. The molecule has 0 saturated carbocycles. The summed E-state index contributed by atoms with van der Waals surface area (Å²) in [5.74, 6) is -1.34. The SMILES string of the molecule is COc1cccc(F)c1-c1cc2c(NC(=O)c3cccc(N4CCN(C(F)C(F)F)C(=O)C4)c3)n[nH]c2cn1. The molecule has 1 atom stereocenters. The van der Waals surface area contributed by atoms with Crippen LogP contribution < -0.4 is 15.0 Å². The van der Waals surface area contributed by atoms with Crippen LogP contribution in [0.2, 0.25) is 0 Å². The van der Waals surface area contributed by atoms with Gasteiger partial charge in [0, 0.05) is 29.7 Å². The summed E-state index contributed by atoms with van der Waals surface area (Å²) in [7, 11) is 1.42. The number of anilines is 2. The summed E-state index contributed by atoms with van der Waals surface area (Å²) in [6.45, 7) is -0.413. The fraction of sp³-hybridized carbons (Fsp3) is 0.231. The zero-order valence-corrected chi connectivity index (χ0v) is 20.5. The number of alkyl halides is 3. The van der Waals surface area contributed by atoms with Crippen molar-refractivity contribution in [2.75, 3.05) is 37.0 Å². The van der Waals surface area contributed by atoms with Gasteiger partial charge in [-0.25, -0.2) is 17.6 Å². The summed E-state index contributed by atoms with van der Waals surface area (Å²) in [5, 5.41) is 10.1. The van der Waals surface area contributed by atoms with E-state index < -0.39 is 30.4 Å². The molecule has 2 aromatic heterocycles. The van der Waals surface area contributed by atoms with E-state index in [0.29, 0.717) is 27.2 Å². The molecular formula is C26H22F4N6O3. The number of nitrogens with zero attached hydrogens (tertiary/aromatic N) is 4. The van der Waals surface area contributed by atoms with E-state index in [4.69, 9.17) is 4.74 Å². The molecule has 2 amide bonds. The highest BCUT2D eigenvalue weighted by atomic mass is 19.3. The van der Waals surface area contributed by atoms with Crippen LogP contribution in [0.4, 0.5) is 29.1 Å². The van der Waals surface area contributed by atoms with Crippen molar-refractivity contribution in [2.45, 2.75) is 12.7 Å². The first-order valence-corrected chi connectivity index (χ1v) is 11.8. The number of carbonyl (C=O) groups excluding carboxylic acids is 2. The molecule has 1 aliphatic heterocycles. The van der Waals surface area contributed by atoms with E-state index in [2.05, 4.69) is 20.5 Å². The number of piperazine rings is 1. The standard InChI is InChI=1S/C26H22F4N6O3/c1-39-20-7-3-6-17(27)22(20)18-11-16-19(12-31-18)33-34-25(16)32-26(38)14-4-2-5-15(10-14)35-8-9-36(21(37)13-35)24(30)23(28)29/h2-7,10-12,23-24H,8-9,13H2,1H3,(H2,32,33,34,38). The Labute approximate surface area is 219 Å². The lowest BCUT2D eigenvalue weighted by atomic mass is 10.1. The Morgan fingerprint density at radius 3 is 2.67 bits per heavy atom. The molecule has 0 aliphatic carbocycles. The minimum atomic E-state index is -3.29. The smallest absolute Gasteiger partial charge is 0.287 e. The number of hydrogen-bond donors (Lipinski definition) is 2. The van der Waals surface area contributed by atoms with Gasteiger partial charge in [0.15, 0.2) is 5.82 Å². The topological polar surface area (TPSA) is 103 Å². The Balaban J connectivity index is 1.36. The molecular weight excluding hydrogens is 520 g/mol. The van der Waals surface area contributed by atoms with E-state index in [1.54, 1.807) is 35.2 Å². The highest BCUT2D eigenvalue weighted by molar-refractivity contribution is 6.08. The number of aromatic nitrogens is 3. The number of carbonyl (C=O) groups is 2. The first-order valence-electron chi connectivity index (χ1n) is 11.8. The quantitative estimate of drug-likeness (QED) is 0.268. The molecule has 1 fully saturated rings. The summed E-state index contributed by atoms with van der Waals surface area (Å²) in [6, 6.07) is 12.3. The number of hydrogen-bond acceptors (Lipinski definition) is 6. The lowest BCUT2D eigenvalue weighted by molar-refractivity contribution is -0.144. The van der Waals surface area contributed by atoms with Gasteiger partial charge in [-0.2, -0.15) is 5.10 Å². The summed E-state index contributed by atoms with van der Waals surface area (Å²) >= 11 is 0. The molecule has 0 radical (unpaired) electrons. The van der Waals surface area contributed by atoms with E-state index >= 15 is 0 Å². The molecule has 2 N–H and O–H groups in total. The minimum Gasteiger partial charge on any atom is -0.496 e. The summed E-state index contributed by atoms with van der Waals surface area (Å²) < 4.78 is 59.0. The van der Waals surface area contributed by atoms with Crippen LogP contribution in [0, 0.1) is 5.82 Å². The summed E-state index contributed by atoms with van der Waals surface area (Å²) in [5.41, 5.74) is 1.68. The molecule has 4 aromatic rings. The van der Waals surface area contributed by atoms with Gasteiger partial charge in [0.05, 0.1) is 36.6 Å². The Kier molecular flexibility index (Phi) is 7.05. The molecule has 1 saturated heterocycles. The molecule has 1 aliphatic rings. The molecule has 3 heterocycles. The van der Waals surface area contributed by atoms with Gasteiger partial charge in [-0.05, 0) is 36.4 Å². The normalized spacial score (nSPS) is 14.7. The second-order valence-corrected chi connectivity index (χ2v) is 8.72. The average molecular weight is 542 g/mol. The van der Waals surface area contributed by atoms with Crippen molar-refractivity contribution in [3.8, 4) is 17.0 Å². The number of halogens is 4. The zero-order valence-electron chi connectivity index (χ0n) is 20.5. The van der Waals surface area contributed by atoms with E-state index in [1.165, 1.54) is 31.5 Å². The van der Waals surface area contributed by atoms with Crippen molar-refractivity contribution >= 4 is 34.2 Å². The zero-order chi connectivity index (χ0) is 27.7. The lowest BCUT2D eigenvalue weighted by Gasteiger charge is -2.36. The van der Waals surface area contributed by atoms with E-state index in [9.17, 15) is 27.2 Å². The molecule has 2 aromatic carbocycles. The Bertz CT molecular complexity index is 1550. The van der Waals surface area contributed by atoms with Crippen LogP contribution >= 0.6 is 0 Å². The molecule has 0 spiro atoms. The third-order valence-corrected chi connectivity index (χ3v) is 6.37. The van der Waals surface area contributed by atoms with Gasteiger partial charge >= 0.3 is 0 Å². The first kappa shape index (κ1) is 25.9. The van der Waals surface area contributed by atoms with Crippen LogP contribution in [0.25, 0.3) is 22.2 Å². The number of pyridine rings is 1. The first-order chi connectivity index (χ1) is 18.8. The molecule has 13 heteroatoms. The number of fused-ring (bicyclic) bond motifs is 1. The predicted octanol–water partition coefficient (Wildman–Crippen LogP) is 4.23. The van der Waals surface area contributed by atoms with Crippen LogP contribution in [0.15, 0.2) is 54.7 Å². The van der Waals surface area contributed by atoms with Gasteiger partial charge in [0.1, 0.15) is 11.6 Å². The van der Waals surface area contributed by atoms with Crippen molar-refractivity contribution < 1.29 is 31.9 Å². The fourth-order valence-corrected chi connectivity index (χ4v) is 4.40. The van der Waals surface area contributed by atoms with Gasteiger partial charge in [0.2, 0.25) is 12.2 Å². The highest BCUT2D eigenvalue weighted by Gasteiger charge is 2.35. The van der Waals surface area contributed by atoms with Crippen LogP contribution in [0.5, 0.6) is 5.75 Å². The van der Waals surface area contributed by atoms with Gasteiger partial charge in [-0.3, -0.25) is 19.7 Å². The van der Waals surface area contributed by atoms with Gasteiger partial charge < -0.3 is 19.9 Å². The minimum absolute atomic E-state index is 0.114. The Morgan fingerprint density at radius 1 is 1.13 bits per heavy atom. The van der Waals surface area contributed by atoms with Crippen LogP contribution in [-0.4, -0.2) is 71.4 Å². The van der Waals surface area contributed by atoms with Gasteiger partial charge in [0.25, 0.3) is 12.3 Å². The van der Waals surface area contributed by atoms with E-state index in [1.807, 2.05) is 0 Å². The number of methoxy groups -OCH3 is 1. The third kappa shape index (κ3) is 5.07. The van der Waals surface area contributed by atoms with Crippen LogP contribution in [-0.2, 0) is 4.79 Å². The Morgan fingerprint density at radius 2 is 1.92 bits per heavy atom. The van der Waals surface area contributed by atoms with Crippen molar-refractivity contribution in [1.82, 2.24) is 20.1 Å². The highest BCUT2D eigenvalue weighted by Crippen LogP contribution is 2.34. The fourth-order valence-electron chi connectivity index (χ4n) is 4.40. The largest absolute Gasteiger partial charge is 0.496 e. The molecule has 5 rings (SSSR count). The maximum atomic E-state index is 14.6. The molecule has 9 nitrogen and oxygen atoms in total. The van der Waals surface area contributed by atoms with Crippen molar-refractivity contribution in [3.05, 3.63) is 66.1 Å². The summed E-state index contributed by atoms with van der Waals surface area (Å²) in [4.78, 5) is 31.7. The number of benzene rings is 2. The van der Waals surface area contributed by atoms with E-state index in [0.717, 1.165) is 0 Å². The maximum Gasteiger partial charge on any atom is 0.287 e. The second kappa shape index (κ2) is 10.6. The lowest BCUT2D eigenvalue weighted by Crippen LogP contribution is -2.54. The molecule has 1 unspecified atom stereocenters. The van der Waals surface area contributed by atoms with Crippen LogP contribution in [0.3, 0.4) is 0 Å². The number of amides is 2. The van der Waals surface area contributed by atoms with Crippen LogP contribution in [0.1, 0.15) is 10.4 Å². The number of nitrogens with one attached hydrogen (secondary N) is 2. The van der Waals surface area contributed by atoms with Gasteiger partial charge in [-0.15, -0.1) is 0 Å². The average Bonchev–Trinajstić information content (AvgIpc) is 3.34. The summed E-state index contributed by atoms with van der Waals surface area (Å²) in [6.07, 6.45) is -4.48. The molecule has 0 bridgehead atoms. The monoisotopic (exact) mass is 542 g/mol. The molecule has 202 valence electrons. The number of ether oxygens (including phenoxy) is 1. The van der Waals surface area contributed by atoms with Gasteiger partial charge in [-0.1, -0.05) is 12.1 Å². The number of rotatable bonds is 7. The van der Waals surface area contributed by atoms with Crippen molar-refractivity contribution in [3.63, 3.8) is 0 Å². The molecule has 39 heavy (non-hydrogen) atoms. The Hall–Kier alpha value is -4.68.